The highest BCUT2D eigenvalue weighted by molar-refractivity contribution is 8.08. The molecule has 248 valence electrons. The second kappa shape index (κ2) is 14.1. The summed E-state index contributed by atoms with van der Waals surface area (Å²) in [5.41, 5.74) is 6.40. The second-order valence-corrected chi connectivity index (χ2v) is 17.5. The Labute approximate surface area is 242 Å². The van der Waals surface area contributed by atoms with Crippen molar-refractivity contribution < 1.29 is 98.5 Å². The van der Waals surface area contributed by atoms with Crippen LogP contribution in [0.15, 0.2) is 12.7 Å². The lowest BCUT2D eigenvalue weighted by Gasteiger charge is -2.21. The van der Waals surface area contributed by atoms with E-state index in [1.807, 2.05) is 0 Å². The molecule has 0 amide bonds. The molecule has 43 heavy (non-hydrogen) atoms. The molecule has 1 fully saturated rings. The molecular formula is C10H21N5O21P6S. The monoisotopic (exact) mass is 765 g/mol. The fraction of sp³-hybridized carbons (Fsp3) is 0.500. The van der Waals surface area contributed by atoms with Crippen LogP contribution < -0.4 is 5.73 Å². The van der Waals surface area contributed by atoms with Crippen LogP contribution in [0, 0.1) is 0 Å². The number of rotatable bonds is 12. The molecule has 0 aliphatic carbocycles. The van der Waals surface area contributed by atoms with E-state index >= 15 is 0 Å². The minimum absolute atomic E-state index is 0.0678. The SMILES string of the molecule is Nc1ncnc2c1ncn2[C@H]1C[C@H](O)[C@@H](COP(O)(=S)OP(=O)(O)OP(=O)(O)O)O1.O=P(O)(O)OP(=O)(O)OP(=O)(O)O. The Morgan fingerprint density at radius 2 is 1.35 bits per heavy atom. The molecule has 1 aliphatic rings. The van der Waals surface area contributed by atoms with Crippen molar-refractivity contribution in [3.05, 3.63) is 12.7 Å². The maximum absolute atomic E-state index is 11.5. The number of hydrogen-bond acceptors (Lipinski definition) is 17. The zero-order valence-corrected chi connectivity index (χ0v) is 26.4. The highest BCUT2D eigenvalue weighted by Gasteiger charge is 2.41. The number of aromatic nitrogens is 4. The third kappa shape index (κ3) is 13.8. The van der Waals surface area contributed by atoms with Gasteiger partial charge in [0.25, 0.3) is 0 Å². The van der Waals surface area contributed by atoms with Gasteiger partial charge in [0.2, 0.25) is 0 Å². The number of hydrogen-bond donors (Lipinski definition) is 11. The van der Waals surface area contributed by atoms with Gasteiger partial charge in [-0.1, -0.05) is 0 Å². The summed E-state index contributed by atoms with van der Waals surface area (Å²) in [6.07, 6.45) is -0.213. The number of nitrogen functional groups attached to an aromatic ring is 1. The maximum atomic E-state index is 11.5. The average Bonchev–Trinajstić information content (AvgIpc) is 3.30. The zero-order chi connectivity index (χ0) is 33.2. The number of phosphoric acid groups is 5. The van der Waals surface area contributed by atoms with Crippen LogP contribution in [0.4, 0.5) is 5.82 Å². The van der Waals surface area contributed by atoms with Crippen LogP contribution in [-0.2, 0) is 61.1 Å². The maximum Gasteiger partial charge on any atom is 0.490 e. The van der Waals surface area contributed by atoms with Crippen LogP contribution in [0.25, 0.3) is 11.2 Å². The Kier molecular flexibility index (Phi) is 12.7. The first-order valence-corrected chi connectivity index (χ1v) is 20.3. The lowest BCUT2D eigenvalue weighted by atomic mass is 10.2. The summed E-state index contributed by atoms with van der Waals surface area (Å²) < 4.78 is 78.2. The van der Waals surface area contributed by atoms with Gasteiger partial charge in [-0.05, 0) is 11.8 Å². The summed E-state index contributed by atoms with van der Waals surface area (Å²) in [6.45, 7) is -5.08. The predicted octanol–water partition coefficient (Wildman–Crippen LogP) is -1.18. The molecule has 0 bridgehead atoms. The molecule has 3 rings (SSSR count). The van der Waals surface area contributed by atoms with Crippen molar-refractivity contribution in [3.8, 4) is 0 Å². The lowest BCUT2D eigenvalue weighted by molar-refractivity contribution is -0.0399. The Bertz CT molecular complexity index is 1560. The molecule has 1 aliphatic heterocycles. The topological polar surface area (TPSA) is 413 Å². The van der Waals surface area contributed by atoms with Crippen molar-refractivity contribution >= 4 is 74.6 Å². The molecule has 0 aromatic carbocycles. The summed E-state index contributed by atoms with van der Waals surface area (Å²) >= 11 is 4.51. The summed E-state index contributed by atoms with van der Waals surface area (Å²) in [7, 11) is -27.0. The number of fused-ring (bicyclic) bond motifs is 1. The van der Waals surface area contributed by atoms with Crippen molar-refractivity contribution in [2.45, 2.75) is 24.9 Å². The molecule has 12 N–H and O–H groups in total. The minimum Gasteiger partial charge on any atom is -0.390 e. The fourth-order valence-corrected chi connectivity index (χ4v) is 9.38. The molecule has 0 spiro atoms. The number of aliphatic hydroxyl groups excluding tert-OH is 1. The minimum atomic E-state index is -5.46. The van der Waals surface area contributed by atoms with E-state index < -0.39 is 70.9 Å². The Hall–Kier alpha value is -0.490. The molecule has 5 atom stereocenters. The number of ether oxygens (including phenoxy) is 1. The molecule has 3 heterocycles. The van der Waals surface area contributed by atoms with Crippen molar-refractivity contribution in [3.63, 3.8) is 0 Å². The van der Waals surface area contributed by atoms with Gasteiger partial charge in [0, 0.05) is 6.42 Å². The van der Waals surface area contributed by atoms with Gasteiger partial charge in [-0.25, -0.2) is 42.1 Å². The van der Waals surface area contributed by atoms with Crippen LogP contribution in [0.2, 0.25) is 0 Å². The van der Waals surface area contributed by atoms with E-state index in [9.17, 15) is 37.7 Å². The summed E-state index contributed by atoms with van der Waals surface area (Å²) in [6, 6.07) is 0. The number of nitrogens with zero attached hydrogens (tertiary/aromatic N) is 4. The van der Waals surface area contributed by atoms with E-state index in [1.165, 1.54) is 17.2 Å². The van der Waals surface area contributed by atoms with Crippen molar-refractivity contribution in [2.75, 3.05) is 12.3 Å². The third-order valence-corrected chi connectivity index (χ3v) is 12.2. The standard InChI is InChI=1S/C10H16N5O11P3S.H5O10P3/c11-9-8-10(13-3-12-9)15(4-14-8)7-1-5(16)6(24-7)2-23-29(22,30)26-28(20,21)25-27(17,18)19;1-11(2,3)9-13(7,8)10-12(4,5)6/h3-7,16H,1-2H2,(H,20,21)(H,22,30)(H2,11,12,13)(H2,17,18,19);(H,7,8)(H2,1,2,3)(H2,4,5,6)/t5-,6+,7+,29?;/m0./s1. The molecule has 33 heteroatoms. The highest BCUT2D eigenvalue weighted by Crippen LogP contribution is 2.67. The van der Waals surface area contributed by atoms with Crippen molar-refractivity contribution in [1.82, 2.24) is 19.5 Å². The van der Waals surface area contributed by atoms with E-state index in [4.69, 9.17) is 49.2 Å². The van der Waals surface area contributed by atoms with E-state index in [0.29, 0.717) is 11.2 Å². The normalized spacial score (nSPS) is 22.9. The summed E-state index contributed by atoms with van der Waals surface area (Å²) in [4.78, 5) is 88.4. The number of imidazole rings is 1. The Morgan fingerprint density at radius 3 is 1.84 bits per heavy atom. The number of nitrogens with two attached hydrogens (primary N) is 1. The van der Waals surface area contributed by atoms with Gasteiger partial charge >= 0.3 is 45.8 Å². The summed E-state index contributed by atoms with van der Waals surface area (Å²) in [5.74, 6) is 0.154. The van der Waals surface area contributed by atoms with Gasteiger partial charge in [-0.3, -0.25) is 4.57 Å². The smallest absolute Gasteiger partial charge is 0.390 e. The lowest BCUT2D eigenvalue weighted by Crippen LogP contribution is -2.26. The molecular weight excluding hydrogens is 744 g/mol. The van der Waals surface area contributed by atoms with Gasteiger partial charge in [-0.15, -0.1) is 0 Å². The quantitative estimate of drug-likeness (QED) is 0.113. The van der Waals surface area contributed by atoms with E-state index in [2.05, 4.69) is 44.0 Å². The third-order valence-electron chi connectivity index (χ3n) is 4.14. The van der Waals surface area contributed by atoms with Gasteiger partial charge in [0.1, 0.15) is 24.2 Å². The van der Waals surface area contributed by atoms with Crippen molar-refractivity contribution in [2.24, 2.45) is 0 Å². The largest absolute Gasteiger partial charge is 0.490 e. The first kappa shape index (κ1) is 38.7. The second-order valence-electron chi connectivity index (χ2n) is 7.51. The average molecular weight is 765 g/mol. The number of aliphatic hydroxyl groups is 1. The van der Waals surface area contributed by atoms with Crippen LogP contribution in [0.3, 0.4) is 0 Å². The summed E-state index contributed by atoms with van der Waals surface area (Å²) in [5, 5.41) is 10.2. The zero-order valence-electron chi connectivity index (χ0n) is 20.2. The van der Waals surface area contributed by atoms with Gasteiger partial charge in [-0.2, -0.15) is 12.9 Å². The molecule has 26 nitrogen and oxygen atoms in total. The number of anilines is 1. The molecule has 2 aromatic heterocycles. The van der Waals surface area contributed by atoms with Crippen LogP contribution in [-0.4, -0.2) is 87.5 Å². The molecule has 1 saturated heterocycles. The molecule has 2 aromatic rings. The van der Waals surface area contributed by atoms with E-state index in [1.54, 1.807) is 0 Å². The first-order valence-electron chi connectivity index (χ1n) is 10.1. The van der Waals surface area contributed by atoms with Gasteiger partial charge < -0.3 is 64.1 Å². The van der Waals surface area contributed by atoms with Crippen LogP contribution in [0.1, 0.15) is 12.6 Å². The predicted molar refractivity (Wildman–Crippen MR) is 137 cm³/mol. The first-order chi connectivity index (χ1) is 19.2. The van der Waals surface area contributed by atoms with Crippen LogP contribution >= 0.6 is 45.8 Å². The highest BCUT2D eigenvalue weighted by atomic mass is 32.5. The fourth-order valence-electron chi connectivity index (χ4n) is 2.87. The molecule has 0 radical (unpaired) electrons. The van der Waals surface area contributed by atoms with E-state index in [0.717, 1.165) is 0 Å². The van der Waals surface area contributed by atoms with Crippen LogP contribution in [0.5, 0.6) is 0 Å². The molecule has 2 unspecified atom stereocenters. The van der Waals surface area contributed by atoms with Gasteiger partial charge in [0.05, 0.1) is 19.0 Å². The van der Waals surface area contributed by atoms with Gasteiger partial charge in [0.15, 0.2) is 11.5 Å². The Morgan fingerprint density at radius 1 is 0.860 bits per heavy atom. The Balaban J connectivity index is 0.000000420. The molecule has 0 saturated carbocycles. The van der Waals surface area contributed by atoms with E-state index in [-0.39, 0.29) is 12.2 Å². The van der Waals surface area contributed by atoms with Crippen molar-refractivity contribution in [1.29, 1.82) is 0 Å².